The average molecular weight is 342 g/mol. The molecule has 0 aliphatic rings. The molecule has 0 spiro atoms. The summed E-state index contributed by atoms with van der Waals surface area (Å²) in [7, 11) is 0. The van der Waals surface area contributed by atoms with Crippen molar-refractivity contribution in [3.63, 3.8) is 0 Å². The van der Waals surface area contributed by atoms with E-state index in [9.17, 15) is 4.79 Å². The monoisotopic (exact) mass is 342 g/mol. The third-order valence-corrected chi connectivity index (χ3v) is 4.13. The SMILES string of the molecule is O=C(Nc1ccccc1)Nc1ccn(Cc2cccc3ccccc23)n1. The zero-order valence-corrected chi connectivity index (χ0v) is 14.1. The van der Waals surface area contributed by atoms with Crippen LogP contribution in [0.3, 0.4) is 0 Å². The first-order valence-electron chi connectivity index (χ1n) is 8.41. The molecule has 1 heterocycles. The second-order valence-electron chi connectivity index (χ2n) is 5.98. The van der Waals surface area contributed by atoms with Crippen LogP contribution in [0.1, 0.15) is 5.56 Å². The van der Waals surface area contributed by atoms with E-state index < -0.39 is 0 Å². The molecule has 4 rings (SSSR count). The predicted octanol–water partition coefficient (Wildman–Crippen LogP) is 4.73. The van der Waals surface area contributed by atoms with Crippen LogP contribution in [0.4, 0.5) is 16.3 Å². The molecule has 26 heavy (non-hydrogen) atoms. The molecule has 0 aliphatic heterocycles. The van der Waals surface area contributed by atoms with Gasteiger partial charge in [0, 0.05) is 18.0 Å². The largest absolute Gasteiger partial charge is 0.324 e. The first-order chi connectivity index (χ1) is 12.8. The lowest BCUT2D eigenvalue weighted by atomic mass is 10.0. The van der Waals surface area contributed by atoms with Crippen molar-refractivity contribution in [1.29, 1.82) is 0 Å². The first kappa shape index (κ1) is 15.9. The highest BCUT2D eigenvalue weighted by Crippen LogP contribution is 2.19. The van der Waals surface area contributed by atoms with Crippen LogP contribution in [0, 0.1) is 0 Å². The molecular formula is C21H18N4O. The number of nitrogens with one attached hydrogen (secondary N) is 2. The lowest BCUT2D eigenvalue weighted by molar-refractivity contribution is 0.262. The number of hydrogen-bond acceptors (Lipinski definition) is 2. The number of fused-ring (bicyclic) bond motifs is 1. The third kappa shape index (κ3) is 3.57. The van der Waals surface area contributed by atoms with Gasteiger partial charge in [-0.2, -0.15) is 5.10 Å². The average Bonchev–Trinajstić information content (AvgIpc) is 3.09. The Morgan fingerprint density at radius 2 is 1.62 bits per heavy atom. The number of carbonyl (C=O) groups is 1. The molecule has 2 amide bonds. The van der Waals surface area contributed by atoms with Gasteiger partial charge in [0.1, 0.15) is 0 Å². The van der Waals surface area contributed by atoms with E-state index in [1.54, 1.807) is 6.07 Å². The summed E-state index contributed by atoms with van der Waals surface area (Å²) in [4.78, 5) is 12.1. The van der Waals surface area contributed by atoms with E-state index in [-0.39, 0.29) is 6.03 Å². The second kappa shape index (κ2) is 7.11. The van der Waals surface area contributed by atoms with Crippen LogP contribution in [0.2, 0.25) is 0 Å². The molecule has 128 valence electrons. The van der Waals surface area contributed by atoms with Gasteiger partial charge in [0.2, 0.25) is 0 Å². The summed E-state index contributed by atoms with van der Waals surface area (Å²) in [6, 6.07) is 25.3. The number of nitrogens with zero attached hydrogens (tertiary/aromatic N) is 2. The molecule has 0 atom stereocenters. The number of carbonyl (C=O) groups excluding carboxylic acids is 1. The minimum absolute atomic E-state index is 0.313. The van der Waals surface area contributed by atoms with E-state index in [1.165, 1.54) is 16.3 Å². The maximum Gasteiger partial charge on any atom is 0.324 e. The minimum atomic E-state index is -0.313. The summed E-state index contributed by atoms with van der Waals surface area (Å²) in [5.74, 6) is 0.513. The molecule has 2 N–H and O–H groups in total. The Hall–Kier alpha value is -3.60. The van der Waals surface area contributed by atoms with Gasteiger partial charge in [0.15, 0.2) is 5.82 Å². The zero-order valence-electron chi connectivity index (χ0n) is 14.1. The molecule has 0 fully saturated rings. The van der Waals surface area contributed by atoms with E-state index >= 15 is 0 Å². The topological polar surface area (TPSA) is 59.0 Å². The number of aromatic nitrogens is 2. The van der Waals surface area contributed by atoms with Crippen molar-refractivity contribution < 1.29 is 4.79 Å². The smallest absolute Gasteiger partial charge is 0.308 e. The van der Waals surface area contributed by atoms with Gasteiger partial charge in [-0.3, -0.25) is 10.00 Å². The highest BCUT2D eigenvalue weighted by atomic mass is 16.2. The van der Waals surface area contributed by atoms with Crippen LogP contribution in [0.5, 0.6) is 0 Å². The molecule has 0 aliphatic carbocycles. The third-order valence-electron chi connectivity index (χ3n) is 4.13. The van der Waals surface area contributed by atoms with Crippen LogP contribution in [-0.4, -0.2) is 15.8 Å². The van der Waals surface area contributed by atoms with Crippen molar-refractivity contribution in [1.82, 2.24) is 9.78 Å². The van der Waals surface area contributed by atoms with Crippen LogP contribution < -0.4 is 10.6 Å². The minimum Gasteiger partial charge on any atom is -0.308 e. The van der Waals surface area contributed by atoms with Gasteiger partial charge < -0.3 is 5.32 Å². The Morgan fingerprint density at radius 1 is 0.846 bits per heavy atom. The molecule has 1 aromatic heterocycles. The predicted molar refractivity (Wildman–Crippen MR) is 104 cm³/mol. The summed E-state index contributed by atoms with van der Waals surface area (Å²) < 4.78 is 1.82. The molecule has 0 radical (unpaired) electrons. The molecule has 4 aromatic rings. The number of amides is 2. The first-order valence-corrected chi connectivity index (χ1v) is 8.41. The molecular weight excluding hydrogens is 324 g/mol. The summed E-state index contributed by atoms with van der Waals surface area (Å²) in [6.07, 6.45) is 1.86. The van der Waals surface area contributed by atoms with Gasteiger partial charge in [0.25, 0.3) is 0 Å². The quantitative estimate of drug-likeness (QED) is 0.563. The van der Waals surface area contributed by atoms with Crippen molar-refractivity contribution in [2.75, 3.05) is 10.6 Å². The Bertz CT molecular complexity index is 1030. The van der Waals surface area contributed by atoms with Crippen molar-refractivity contribution in [2.45, 2.75) is 6.54 Å². The molecule has 3 aromatic carbocycles. The Kier molecular flexibility index (Phi) is 4.35. The summed E-state index contributed by atoms with van der Waals surface area (Å²) in [6.45, 7) is 0.642. The van der Waals surface area contributed by atoms with E-state index in [0.29, 0.717) is 12.4 Å². The van der Waals surface area contributed by atoms with Gasteiger partial charge >= 0.3 is 6.03 Å². The van der Waals surface area contributed by atoms with Crippen LogP contribution in [0.15, 0.2) is 85.1 Å². The lowest BCUT2D eigenvalue weighted by Gasteiger charge is -2.07. The van der Waals surface area contributed by atoms with Crippen LogP contribution in [0.25, 0.3) is 10.8 Å². The number of hydrogen-bond donors (Lipinski definition) is 2. The fourth-order valence-electron chi connectivity index (χ4n) is 2.92. The van der Waals surface area contributed by atoms with E-state index in [1.807, 2.05) is 59.4 Å². The van der Waals surface area contributed by atoms with Crippen LogP contribution in [-0.2, 0) is 6.54 Å². The Morgan fingerprint density at radius 3 is 2.50 bits per heavy atom. The summed E-state index contributed by atoms with van der Waals surface area (Å²) in [5, 5.41) is 12.4. The number of benzene rings is 3. The molecule has 0 saturated carbocycles. The zero-order chi connectivity index (χ0) is 17.8. The summed E-state index contributed by atoms with van der Waals surface area (Å²) >= 11 is 0. The highest BCUT2D eigenvalue weighted by Gasteiger charge is 2.07. The molecule has 0 bridgehead atoms. The van der Waals surface area contributed by atoms with Gasteiger partial charge in [-0.05, 0) is 28.5 Å². The summed E-state index contributed by atoms with van der Waals surface area (Å²) in [5.41, 5.74) is 1.92. The van der Waals surface area contributed by atoms with Crippen molar-refractivity contribution >= 4 is 28.3 Å². The van der Waals surface area contributed by atoms with Gasteiger partial charge in [-0.1, -0.05) is 60.7 Å². The normalized spacial score (nSPS) is 10.6. The van der Waals surface area contributed by atoms with Crippen molar-refractivity contribution in [3.05, 3.63) is 90.6 Å². The number of para-hydroxylation sites is 1. The number of anilines is 2. The molecule has 0 saturated heterocycles. The fourth-order valence-corrected chi connectivity index (χ4v) is 2.92. The van der Waals surface area contributed by atoms with E-state index in [4.69, 9.17) is 0 Å². The second-order valence-corrected chi connectivity index (χ2v) is 5.98. The molecule has 0 unspecified atom stereocenters. The maximum absolute atomic E-state index is 12.1. The van der Waals surface area contributed by atoms with Gasteiger partial charge in [-0.25, -0.2) is 4.79 Å². The highest BCUT2D eigenvalue weighted by molar-refractivity contribution is 5.99. The number of rotatable bonds is 4. The maximum atomic E-state index is 12.1. The van der Waals surface area contributed by atoms with Crippen molar-refractivity contribution in [2.24, 2.45) is 0 Å². The molecule has 5 heteroatoms. The van der Waals surface area contributed by atoms with Crippen LogP contribution >= 0.6 is 0 Å². The Labute approximate surface area is 151 Å². The van der Waals surface area contributed by atoms with Crippen molar-refractivity contribution in [3.8, 4) is 0 Å². The van der Waals surface area contributed by atoms with E-state index in [2.05, 4.69) is 40.0 Å². The molecule has 5 nitrogen and oxygen atoms in total. The van der Waals surface area contributed by atoms with E-state index in [0.717, 1.165) is 5.69 Å². The lowest BCUT2D eigenvalue weighted by Crippen LogP contribution is -2.19. The van der Waals surface area contributed by atoms with Gasteiger partial charge in [0.05, 0.1) is 6.54 Å². The Balaban J connectivity index is 1.45. The number of urea groups is 1. The fraction of sp³-hybridized carbons (Fsp3) is 0.0476. The van der Waals surface area contributed by atoms with Gasteiger partial charge in [-0.15, -0.1) is 0 Å². The standard InChI is InChI=1S/C21H18N4O/c26-21(22-18-10-2-1-3-11-18)23-20-13-14-25(24-20)15-17-9-6-8-16-7-4-5-12-19(16)17/h1-14H,15H2,(H2,22,23,24,26).